The smallest absolute Gasteiger partial charge is 0.0921 e. The summed E-state index contributed by atoms with van der Waals surface area (Å²) in [6, 6.07) is 18.3. The summed E-state index contributed by atoms with van der Waals surface area (Å²) in [6.45, 7) is 2.98. The maximum absolute atomic E-state index is 10.9. The van der Waals surface area contributed by atoms with Gasteiger partial charge in [-0.25, -0.2) is 0 Å². The number of hydrogen-bond acceptors (Lipinski definition) is 2. The average molecular weight is 330 g/mol. The van der Waals surface area contributed by atoms with Crippen molar-refractivity contribution in [3.05, 3.63) is 70.7 Å². The van der Waals surface area contributed by atoms with Gasteiger partial charge in [-0.15, -0.1) is 0 Å². The van der Waals surface area contributed by atoms with Gasteiger partial charge in [0.2, 0.25) is 0 Å². The molecule has 1 saturated heterocycles. The molecule has 23 heavy (non-hydrogen) atoms. The lowest BCUT2D eigenvalue weighted by atomic mass is 9.84. The van der Waals surface area contributed by atoms with E-state index in [2.05, 4.69) is 35.2 Å². The molecule has 0 saturated carbocycles. The lowest BCUT2D eigenvalue weighted by Crippen LogP contribution is -2.42. The van der Waals surface area contributed by atoms with E-state index in [9.17, 15) is 5.11 Å². The SMILES string of the molecule is OC1(c2cccc(Cl)c2)CCN(CCCc2ccccc2)CC1. The highest BCUT2D eigenvalue weighted by Gasteiger charge is 2.33. The molecule has 122 valence electrons. The molecule has 1 fully saturated rings. The molecule has 0 unspecified atom stereocenters. The first-order valence-corrected chi connectivity index (χ1v) is 8.78. The molecule has 2 aromatic rings. The van der Waals surface area contributed by atoms with Crippen LogP contribution in [0.1, 0.15) is 30.4 Å². The summed E-state index contributed by atoms with van der Waals surface area (Å²) in [4.78, 5) is 2.46. The van der Waals surface area contributed by atoms with Crippen molar-refractivity contribution < 1.29 is 5.11 Å². The van der Waals surface area contributed by atoms with Gasteiger partial charge in [-0.3, -0.25) is 0 Å². The molecule has 0 aromatic heterocycles. The molecule has 2 aromatic carbocycles. The number of likely N-dealkylation sites (tertiary alicyclic amines) is 1. The van der Waals surface area contributed by atoms with Gasteiger partial charge < -0.3 is 10.0 Å². The van der Waals surface area contributed by atoms with Crippen LogP contribution in [0.15, 0.2) is 54.6 Å². The second-order valence-electron chi connectivity index (χ2n) is 6.47. The molecular weight excluding hydrogens is 306 g/mol. The first kappa shape index (κ1) is 16.5. The summed E-state index contributed by atoms with van der Waals surface area (Å²) in [5, 5.41) is 11.6. The molecule has 0 spiro atoms. The predicted molar refractivity (Wildman–Crippen MR) is 95.8 cm³/mol. The minimum absolute atomic E-state index is 0.696. The molecule has 1 aliphatic heterocycles. The predicted octanol–water partition coefficient (Wildman–Crippen LogP) is 4.26. The Morgan fingerprint density at radius 3 is 2.43 bits per heavy atom. The number of nitrogens with zero attached hydrogens (tertiary/aromatic N) is 1. The molecule has 3 heteroatoms. The van der Waals surface area contributed by atoms with Crippen LogP contribution in [0, 0.1) is 0 Å². The topological polar surface area (TPSA) is 23.5 Å². The number of piperidine rings is 1. The molecule has 1 heterocycles. The Kier molecular flexibility index (Phi) is 5.37. The number of halogens is 1. The summed E-state index contributed by atoms with van der Waals surface area (Å²) < 4.78 is 0. The fraction of sp³-hybridized carbons (Fsp3) is 0.400. The van der Waals surface area contributed by atoms with Crippen molar-refractivity contribution in [3.8, 4) is 0 Å². The van der Waals surface area contributed by atoms with Crippen LogP contribution in [-0.2, 0) is 12.0 Å². The maximum Gasteiger partial charge on any atom is 0.0921 e. The lowest BCUT2D eigenvalue weighted by Gasteiger charge is -2.38. The van der Waals surface area contributed by atoms with Crippen molar-refractivity contribution in [1.29, 1.82) is 0 Å². The lowest BCUT2D eigenvalue weighted by molar-refractivity contribution is -0.0259. The van der Waals surface area contributed by atoms with Gasteiger partial charge in [0.05, 0.1) is 5.60 Å². The fourth-order valence-electron chi connectivity index (χ4n) is 3.36. The summed E-state index contributed by atoms with van der Waals surface area (Å²) in [7, 11) is 0. The molecule has 0 bridgehead atoms. The van der Waals surface area contributed by atoms with E-state index in [-0.39, 0.29) is 0 Å². The van der Waals surface area contributed by atoms with Gasteiger partial charge >= 0.3 is 0 Å². The van der Waals surface area contributed by atoms with E-state index < -0.39 is 5.60 Å². The quantitative estimate of drug-likeness (QED) is 0.886. The molecule has 3 rings (SSSR count). The first-order chi connectivity index (χ1) is 11.2. The molecule has 0 atom stereocenters. The third-order valence-electron chi connectivity index (χ3n) is 4.83. The van der Waals surface area contributed by atoms with Crippen molar-refractivity contribution in [2.75, 3.05) is 19.6 Å². The number of aliphatic hydroxyl groups is 1. The van der Waals surface area contributed by atoms with Gasteiger partial charge in [0.25, 0.3) is 0 Å². The van der Waals surface area contributed by atoms with E-state index in [1.54, 1.807) is 0 Å². The number of hydrogen-bond donors (Lipinski definition) is 1. The van der Waals surface area contributed by atoms with Gasteiger partial charge in [-0.2, -0.15) is 0 Å². The minimum atomic E-state index is -0.721. The average Bonchev–Trinajstić information content (AvgIpc) is 2.58. The zero-order valence-electron chi connectivity index (χ0n) is 13.4. The van der Waals surface area contributed by atoms with Crippen LogP contribution >= 0.6 is 11.6 Å². The fourth-order valence-corrected chi connectivity index (χ4v) is 3.55. The number of aryl methyl sites for hydroxylation is 1. The Morgan fingerprint density at radius 1 is 1.00 bits per heavy atom. The zero-order chi connectivity index (χ0) is 16.1. The first-order valence-electron chi connectivity index (χ1n) is 8.40. The highest BCUT2D eigenvalue weighted by atomic mass is 35.5. The monoisotopic (exact) mass is 329 g/mol. The summed E-state index contributed by atoms with van der Waals surface area (Å²) in [5.41, 5.74) is 1.63. The van der Waals surface area contributed by atoms with Crippen LogP contribution in [0.2, 0.25) is 5.02 Å². The Hall–Kier alpha value is -1.35. The van der Waals surface area contributed by atoms with E-state index in [4.69, 9.17) is 11.6 Å². The van der Waals surface area contributed by atoms with Gasteiger partial charge in [0.15, 0.2) is 0 Å². The Bertz CT molecular complexity index is 621. The van der Waals surface area contributed by atoms with Crippen LogP contribution in [0.3, 0.4) is 0 Å². The van der Waals surface area contributed by atoms with Crippen molar-refractivity contribution in [2.24, 2.45) is 0 Å². The van der Waals surface area contributed by atoms with E-state index >= 15 is 0 Å². The maximum atomic E-state index is 10.9. The zero-order valence-corrected chi connectivity index (χ0v) is 14.2. The molecule has 0 radical (unpaired) electrons. The van der Waals surface area contributed by atoms with Crippen LogP contribution in [-0.4, -0.2) is 29.6 Å². The molecule has 1 N–H and O–H groups in total. The van der Waals surface area contributed by atoms with E-state index in [1.807, 2.05) is 24.3 Å². The van der Waals surface area contributed by atoms with E-state index in [0.29, 0.717) is 5.02 Å². The van der Waals surface area contributed by atoms with Crippen molar-refractivity contribution in [2.45, 2.75) is 31.3 Å². The van der Waals surface area contributed by atoms with Crippen molar-refractivity contribution >= 4 is 11.6 Å². The Morgan fingerprint density at radius 2 is 1.74 bits per heavy atom. The molecule has 0 amide bonds. The molecule has 2 nitrogen and oxygen atoms in total. The normalized spacial score (nSPS) is 18.0. The van der Waals surface area contributed by atoms with Gasteiger partial charge in [-0.05, 0) is 55.5 Å². The standard InChI is InChI=1S/C20H24ClNO/c21-19-10-4-9-18(16-19)20(23)11-14-22(15-12-20)13-5-8-17-6-2-1-3-7-17/h1-4,6-7,9-10,16,23H,5,8,11-15H2. The van der Waals surface area contributed by atoms with Gasteiger partial charge in [0.1, 0.15) is 0 Å². The molecule has 0 aliphatic carbocycles. The van der Waals surface area contributed by atoms with Crippen LogP contribution in [0.4, 0.5) is 0 Å². The van der Waals surface area contributed by atoms with Crippen LogP contribution in [0.25, 0.3) is 0 Å². The van der Waals surface area contributed by atoms with Crippen LogP contribution < -0.4 is 0 Å². The van der Waals surface area contributed by atoms with E-state index in [0.717, 1.165) is 44.5 Å². The van der Waals surface area contributed by atoms with Crippen molar-refractivity contribution in [3.63, 3.8) is 0 Å². The Balaban J connectivity index is 1.48. The van der Waals surface area contributed by atoms with Crippen LogP contribution in [0.5, 0.6) is 0 Å². The van der Waals surface area contributed by atoms with E-state index in [1.165, 1.54) is 12.0 Å². The number of rotatable bonds is 5. The second kappa shape index (κ2) is 7.48. The van der Waals surface area contributed by atoms with Crippen molar-refractivity contribution in [1.82, 2.24) is 4.90 Å². The third-order valence-corrected chi connectivity index (χ3v) is 5.06. The molecular formula is C20H24ClNO. The van der Waals surface area contributed by atoms with Gasteiger partial charge in [-0.1, -0.05) is 54.1 Å². The highest BCUT2D eigenvalue weighted by molar-refractivity contribution is 6.30. The minimum Gasteiger partial charge on any atom is -0.385 e. The number of benzene rings is 2. The summed E-state index contributed by atoms with van der Waals surface area (Å²) >= 11 is 6.06. The summed E-state index contributed by atoms with van der Waals surface area (Å²) in [6.07, 6.45) is 3.84. The van der Waals surface area contributed by atoms with Gasteiger partial charge in [0, 0.05) is 18.1 Å². The molecule has 1 aliphatic rings. The second-order valence-corrected chi connectivity index (χ2v) is 6.91. The largest absolute Gasteiger partial charge is 0.385 e. The highest BCUT2D eigenvalue weighted by Crippen LogP contribution is 2.33. The Labute approximate surface area is 143 Å². The summed E-state index contributed by atoms with van der Waals surface area (Å²) in [5.74, 6) is 0. The third kappa shape index (κ3) is 4.35.